The van der Waals surface area contributed by atoms with Gasteiger partial charge in [-0.05, 0) is 47.8 Å². The summed E-state index contributed by atoms with van der Waals surface area (Å²) in [5.74, 6) is 1.04. The standard InChI is InChI=1S/C21H31N3O2/c1-21(2,3)16-7-4-14(5-8-16)20(26)23-11-10-19(25)24-12-15-6-9-18(22)17(15)13-24/h4-5,7-8,15,17-18H,6,9-13,22H2,1-3H3,(H,23,26). The van der Waals surface area contributed by atoms with Crippen LogP contribution in [0, 0.1) is 11.8 Å². The number of likely N-dealkylation sites (tertiary alicyclic amines) is 1. The van der Waals surface area contributed by atoms with E-state index in [4.69, 9.17) is 5.73 Å². The normalized spacial score (nSPS) is 25.2. The molecule has 26 heavy (non-hydrogen) atoms. The molecule has 0 radical (unpaired) electrons. The molecule has 1 heterocycles. The van der Waals surface area contributed by atoms with Crippen LogP contribution in [0.15, 0.2) is 24.3 Å². The minimum Gasteiger partial charge on any atom is -0.352 e. The lowest BCUT2D eigenvalue weighted by atomic mass is 9.87. The summed E-state index contributed by atoms with van der Waals surface area (Å²) in [7, 11) is 0. The Labute approximate surface area is 156 Å². The maximum absolute atomic E-state index is 12.4. The molecule has 2 aliphatic rings. The van der Waals surface area contributed by atoms with Gasteiger partial charge in [-0.2, -0.15) is 0 Å². The van der Waals surface area contributed by atoms with E-state index < -0.39 is 0 Å². The molecular formula is C21H31N3O2. The fraction of sp³-hybridized carbons (Fsp3) is 0.619. The highest BCUT2D eigenvalue weighted by Gasteiger charge is 2.42. The first-order valence-electron chi connectivity index (χ1n) is 9.68. The minimum absolute atomic E-state index is 0.0674. The quantitative estimate of drug-likeness (QED) is 0.868. The van der Waals surface area contributed by atoms with E-state index in [2.05, 4.69) is 26.1 Å². The summed E-state index contributed by atoms with van der Waals surface area (Å²) < 4.78 is 0. The molecule has 5 nitrogen and oxygen atoms in total. The number of hydrogen-bond donors (Lipinski definition) is 2. The zero-order valence-corrected chi connectivity index (χ0v) is 16.1. The summed E-state index contributed by atoms with van der Waals surface area (Å²) in [4.78, 5) is 26.6. The Morgan fingerprint density at radius 3 is 2.46 bits per heavy atom. The number of rotatable bonds is 4. The van der Waals surface area contributed by atoms with Crippen molar-refractivity contribution in [1.82, 2.24) is 10.2 Å². The zero-order chi connectivity index (χ0) is 18.9. The number of nitrogens with zero attached hydrogens (tertiary/aromatic N) is 1. The summed E-state index contributed by atoms with van der Waals surface area (Å²) in [6.45, 7) is 8.43. The molecule has 2 fully saturated rings. The van der Waals surface area contributed by atoms with Gasteiger partial charge in [0.1, 0.15) is 0 Å². The molecule has 3 unspecified atom stereocenters. The predicted octanol–water partition coefficient (Wildman–Crippen LogP) is 2.30. The van der Waals surface area contributed by atoms with Crippen molar-refractivity contribution in [2.24, 2.45) is 17.6 Å². The second kappa shape index (κ2) is 7.39. The second-order valence-electron chi connectivity index (χ2n) is 8.80. The Bertz CT molecular complexity index is 663. The van der Waals surface area contributed by atoms with Gasteiger partial charge in [0.15, 0.2) is 0 Å². The van der Waals surface area contributed by atoms with Crippen molar-refractivity contribution in [1.29, 1.82) is 0 Å². The fourth-order valence-electron chi connectivity index (χ4n) is 4.18. The number of benzene rings is 1. The van der Waals surface area contributed by atoms with E-state index in [-0.39, 0.29) is 23.3 Å². The molecule has 5 heteroatoms. The maximum atomic E-state index is 12.4. The van der Waals surface area contributed by atoms with Crippen molar-refractivity contribution in [2.45, 2.75) is 51.5 Å². The van der Waals surface area contributed by atoms with Gasteiger partial charge in [0.05, 0.1) is 0 Å². The number of carbonyl (C=O) groups is 2. The van der Waals surface area contributed by atoms with Crippen molar-refractivity contribution in [3.8, 4) is 0 Å². The Hall–Kier alpha value is -1.88. The van der Waals surface area contributed by atoms with Gasteiger partial charge < -0.3 is 16.0 Å². The third-order valence-electron chi connectivity index (χ3n) is 5.90. The predicted molar refractivity (Wildman–Crippen MR) is 103 cm³/mol. The first-order valence-corrected chi connectivity index (χ1v) is 9.68. The molecule has 1 aliphatic heterocycles. The van der Waals surface area contributed by atoms with Gasteiger partial charge in [-0.1, -0.05) is 32.9 Å². The van der Waals surface area contributed by atoms with Crippen molar-refractivity contribution in [3.05, 3.63) is 35.4 Å². The van der Waals surface area contributed by atoms with E-state index in [0.29, 0.717) is 30.4 Å². The second-order valence-corrected chi connectivity index (χ2v) is 8.80. The van der Waals surface area contributed by atoms with Gasteiger partial charge in [-0.25, -0.2) is 0 Å². The molecule has 3 rings (SSSR count). The number of fused-ring (bicyclic) bond motifs is 1. The highest BCUT2D eigenvalue weighted by molar-refractivity contribution is 5.94. The summed E-state index contributed by atoms with van der Waals surface area (Å²) in [5, 5.41) is 2.86. The van der Waals surface area contributed by atoms with Crippen LogP contribution in [0.4, 0.5) is 0 Å². The van der Waals surface area contributed by atoms with Crippen LogP contribution < -0.4 is 11.1 Å². The van der Waals surface area contributed by atoms with Crippen LogP contribution in [0.2, 0.25) is 0 Å². The minimum atomic E-state index is -0.126. The first-order chi connectivity index (χ1) is 12.3. The lowest BCUT2D eigenvalue weighted by Gasteiger charge is -2.19. The molecule has 1 aromatic rings. The lowest BCUT2D eigenvalue weighted by molar-refractivity contribution is -0.130. The molecule has 1 saturated carbocycles. The average Bonchev–Trinajstić information content (AvgIpc) is 3.16. The highest BCUT2D eigenvalue weighted by Crippen LogP contribution is 2.37. The van der Waals surface area contributed by atoms with Crippen molar-refractivity contribution >= 4 is 11.8 Å². The largest absolute Gasteiger partial charge is 0.352 e. The van der Waals surface area contributed by atoms with Crippen LogP contribution in [0.25, 0.3) is 0 Å². The molecule has 1 aliphatic carbocycles. The van der Waals surface area contributed by atoms with Crippen LogP contribution in [0.5, 0.6) is 0 Å². The van der Waals surface area contributed by atoms with Crippen molar-refractivity contribution in [2.75, 3.05) is 19.6 Å². The summed E-state index contributed by atoms with van der Waals surface area (Å²) in [6, 6.07) is 7.92. The van der Waals surface area contributed by atoms with Gasteiger partial charge in [0.25, 0.3) is 5.91 Å². The molecule has 2 amide bonds. The lowest BCUT2D eigenvalue weighted by Crippen LogP contribution is -2.35. The smallest absolute Gasteiger partial charge is 0.251 e. The SMILES string of the molecule is CC(C)(C)c1ccc(C(=O)NCCC(=O)N2CC3CCC(N)C3C2)cc1. The third kappa shape index (κ3) is 4.09. The highest BCUT2D eigenvalue weighted by atomic mass is 16.2. The molecule has 142 valence electrons. The average molecular weight is 357 g/mol. The molecular weight excluding hydrogens is 326 g/mol. The number of nitrogens with one attached hydrogen (secondary N) is 1. The molecule has 3 atom stereocenters. The summed E-state index contributed by atoms with van der Waals surface area (Å²) >= 11 is 0. The molecule has 0 spiro atoms. The maximum Gasteiger partial charge on any atom is 0.251 e. The van der Waals surface area contributed by atoms with E-state index in [1.165, 1.54) is 5.56 Å². The van der Waals surface area contributed by atoms with Crippen LogP contribution in [-0.2, 0) is 10.2 Å². The van der Waals surface area contributed by atoms with Crippen molar-refractivity contribution in [3.63, 3.8) is 0 Å². The van der Waals surface area contributed by atoms with Crippen LogP contribution >= 0.6 is 0 Å². The van der Waals surface area contributed by atoms with Crippen molar-refractivity contribution < 1.29 is 9.59 Å². The zero-order valence-electron chi connectivity index (χ0n) is 16.1. The number of carbonyl (C=O) groups excluding carboxylic acids is 2. The number of hydrogen-bond acceptors (Lipinski definition) is 3. The monoisotopic (exact) mass is 357 g/mol. The Balaban J connectivity index is 1.44. The van der Waals surface area contributed by atoms with E-state index in [9.17, 15) is 9.59 Å². The van der Waals surface area contributed by atoms with E-state index in [0.717, 1.165) is 25.9 Å². The van der Waals surface area contributed by atoms with Crippen LogP contribution in [0.1, 0.15) is 56.0 Å². The fourth-order valence-corrected chi connectivity index (χ4v) is 4.18. The Morgan fingerprint density at radius 2 is 1.85 bits per heavy atom. The number of amides is 2. The van der Waals surface area contributed by atoms with Gasteiger partial charge in [-0.3, -0.25) is 9.59 Å². The van der Waals surface area contributed by atoms with E-state index in [1.807, 2.05) is 29.2 Å². The van der Waals surface area contributed by atoms with Gasteiger partial charge in [0, 0.05) is 37.7 Å². The molecule has 1 saturated heterocycles. The Morgan fingerprint density at radius 1 is 1.15 bits per heavy atom. The number of nitrogens with two attached hydrogens (primary N) is 1. The van der Waals surface area contributed by atoms with E-state index >= 15 is 0 Å². The molecule has 0 bridgehead atoms. The molecule has 1 aromatic carbocycles. The third-order valence-corrected chi connectivity index (χ3v) is 5.90. The topological polar surface area (TPSA) is 75.4 Å². The van der Waals surface area contributed by atoms with Gasteiger partial charge in [-0.15, -0.1) is 0 Å². The first kappa shape index (κ1) is 18.9. The van der Waals surface area contributed by atoms with Gasteiger partial charge >= 0.3 is 0 Å². The van der Waals surface area contributed by atoms with Gasteiger partial charge in [0.2, 0.25) is 5.91 Å². The van der Waals surface area contributed by atoms with Crippen LogP contribution in [-0.4, -0.2) is 42.4 Å². The van der Waals surface area contributed by atoms with E-state index in [1.54, 1.807) is 0 Å². The molecule has 0 aromatic heterocycles. The summed E-state index contributed by atoms with van der Waals surface area (Å²) in [5.41, 5.74) is 8.02. The van der Waals surface area contributed by atoms with Crippen LogP contribution in [0.3, 0.4) is 0 Å². The molecule has 3 N–H and O–H groups in total. The Kier molecular flexibility index (Phi) is 5.37. The summed E-state index contributed by atoms with van der Waals surface area (Å²) in [6.07, 6.45) is 2.57.